The number of ether oxygens (including phenoxy) is 1. The van der Waals surface area contributed by atoms with Crippen molar-refractivity contribution in [3.8, 4) is 5.75 Å². The number of rotatable bonds is 8. The zero-order valence-electron chi connectivity index (χ0n) is 17.5. The van der Waals surface area contributed by atoms with Crippen LogP contribution in [0.25, 0.3) is 0 Å². The van der Waals surface area contributed by atoms with Crippen LogP contribution in [-0.4, -0.2) is 27.5 Å². The highest BCUT2D eigenvalue weighted by atomic mass is 35.5. The summed E-state index contributed by atoms with van der Waals surface area (Å²) in [5.74, 6) is 0.0956. The fraction of sp³-hybridized carbons (Fsp3) is 0.208. The van der Waals surface area contributed by atoms with Gasteiger partial charge in [-0.05, 0) is 48.7 Å². The molecule has 0 saturated heterocycles. The molecule has 0 aromatic heterocycles. The van der Waals surface area contributed by atoms with E-state index < -0.39 is 10.0 Å². The van der Waals surface area contributed by atoms with Gasteiger partial charge in [0.25, 0.3) is 15.9 Å². The molecular formula is C24H23ClN2O4S. The van der Waals surface area contributed by atoms with E-state index in [1.54, 1.807) is 24.3 Å². The van der Waals surface area contributed by atoms with Gasteiger partial charge in [-0.25, -0.2) is 8.42 Å². The second-order valence-electron chi connectivity index (χ2n) is 7.56. The first kappa shape index (κ1) is 22.2. The van der Waals surface area contributed by atoms with Gasteiger partial charge in [0.2, 0.25) is 0 Å². The average Bonchev–Trinajstić information content (AvgIpc) is 3.62. The summed E-state index contributed by atoms with van der Waals surface area (Å²) in [7, 11) is -2.65. The Morgan fingerprint density at radius 2 is 1.75 bits per heavy atom. The van der Waals surface area contributed by atoms with Crippen LogP contribution in [0.3, 0.4) is 0 Å². The Morgan fingerprint density at radius 3 is 2.44 bits per heavy atom. The van der Waals surface area contributed by atoms with Gasteiger partial charge in [-0.2, -0.15) is 0 Å². The van der Waals surface area contributed by atoms with Gasteiger partial charge < -0.3 is 10.1 Å². The average molecular weight is 471 g/mol. The summed E-state index contributed by atoms with van der Waals surface area (Å²) >= 11 is 6.34. The molecule has 1 N–H and O–H groups in total. The Bertz CT molecular complexity index is 1230. The minimum atomic E-state index is -4.14. The molecule has 166 valence electrons. The number of hydrogen-bond acceptors (Lipinski definition) is 4. The number of anilines is 1. The zero-order valence-corrected chi connectivity index (χ0v) is 19.1. The number of nitrogens with zero attached hydrogens (tertiary/aromatic N) is 1. The van der Waals surface area contributed by atoms with E-state index in [0.717, 1.165) is 18.4 Å². The number of carbonyl (C=O) groups excluding carboxylic acids is 1. The lowest BCUT2D eigenvalue weighted by atomic mass is 10.2. The van der Waals surface area contributed by atoms with Gasteiger partial charge in [-0.1, -0.05) is 54.1 Å². The topological polar surface area (TPSA) is 75.7 Å². The first-order chi connectivity index (χ1) is 15.4. The molecule has 1 aliphatic carbocycles. The summed E-state index contributed by atoms with van der Waals surface area (Å²) < 4.78 is 34.5. The molecule has 32 heavy (non-hydrogen) atoms. The van der Waals surface area contributed by atoms with Crippen LogP contribution in [0, 0.1) is 0 Å². The molecule has 8 heteroatoms. The van der Waals surface area contributed by atoms with E-state index in [9.17, 15) is 13.2 Å². The Morgan fingerprint density at radius 1 is 1.06 bits per heavy atom. The number of nitrogens with one attached hydrogen (secondary N) is 1. The summed E-state index contributed by atoms with van der Waals surface area (Å²) in [4.78, 5) is 12.4. The normalized spacial score (nSPS) is 13.4. The SMILES string of the molecule is COc1ccccc1N(Cc1ccccc1)S(=O)(=O)c1cc(C(=O)NC2CC2)ccc1Cl. The number of hydrogen-bond donors (Lipinski definition) is 1. The Labute approximate surface area is 192 Å². The van der Waals surface area contributed by atoms with Crippen LogP contribution in [-0.2, 0) is 16.6 Å². The zero-order chi connectivity index (χ0) is 22.7. The number of sulfonamides is 1. The fourth-order valence-corrected chi connectivity index (χ4v) is 5.31. The van der Waals surface area contributed by atoms with Crippen molar-refractivity contribution < 1.29 is 17.9 Å². The summed E-state index contributed by atoms with van der Waals surface area (Å²) in [6, 6.07) is 20.6. The number of carbonyl (C=O) groups is 1. The van der Waals surface area contributed by atoms with Gasteiger partial charge in [-0.15, -0.1) is 0 Å². The molecule has 4 rings (SSSR count). The van der Waals surface area contributed by atoms with Crippen LogP contribution >= 0.6 is 11.6 Å². The van der Waals surface area contributed by atoms with E-state index >= 15 is 0 Å². The molecule has 0 radical (unpaired) electrons. The maximum atomic E-state index is 13.9. The van der Waals surface area contributed by atoms with Crippen molar-refractivity contribution in [1.82, 2.24) is 5.32 Å². The van der Waals surface area contributed by atoms with E-state index in [4.69, 9.17) is 16.3 Å². The third-order valence-corrected chi connectivity index (χ3v) is 7.44. The van der Waals surface area contributed by atoms with Crippen molar-refractivity contribution in [3.63, 3.8) is 0 Å². The Hall–Kier alpha value is -3.03. The number of amides is 1. The molecule has 3 aromatic rings. The Kier molecular flexibility index (Phi) is 6.39. The van der Waals surface area contributed by atoms with Crippen molar-refractivity contribution in [1.29, 1.82) is 0 Å². The molecule has 0 heterocycles. The van der Waals surface area contributed by atoms with Crippen LogP contribution in [0.1, 0.15) is 28.8 Å². The summed E-state index contributed by atoms with van der Waals surface area (Å²) in [6.45, 7) is 0.0678. The third kappa shape index (κ3) is 4.74. The van der Waals surface area contributed by atoms with Gasteiger partial charge in [0.1, 0.15) is 10.6 Å². The maximum absolute atomic E-state index is 13.9. The molecule has 1 aliphatic rings. The van der Waals surface area contributed by atoms with E-state index in [0.29, 0.717) is 11.4 Å². The van der Waals surface area contributed by atoms with E-state index in [1.807, 2.05) is 30.3 Å². The van der Waals surface area contributed by atoms with Crippen LogP contribution in [0.5, 0.6) is 5.75 Å². The number of benzene rings is 3. The molecular weight excluding hydrogens is 448 g/mol. The number of methoxy groups -OCH3 is 1. The van der Waals surface area contributed by atoms with Crippen molar-refractivity contribution in [2.45, 2.75) is 30.3 Å². The smallest absolute Gasteiger partial charge is 0.266 e. The lowest BCUT2D eigenvalue weighted by Gasteiger charge is -2.27. The largest absolute Gasteiger partial charge is 0.495 e. The standard InChI is InChI=1S/C24H23ClN2O4S/c1-31-22-10-6-5-9-21(22)27(16-17-7-3-2-4-8-17)32(29,30)23-15-18(11-14-20(23)25)24(28)26-19-12-13-19/h2-11,14-15,19H,12-13,16H2,1H3,(H,26,28). The molecule has 0 aliphatic heterocycles. The predicted molar refractivity (Wildman–Crippen MR) is 125 cm³/mol. The summed E-state index contributed by atoms with van der Waals surface area (Å²) in [5.41, 5.74) is 1.42. The van der Waals surface area contributed by atoms with Gasteiger partial charge in [0, 0.05) is 11.6 Å². The van der Waals surface area contributed by atoms with Crippen molar-refractivity contribution in [2.24, 2.45) is 0 Å². The summed E-state index contributed by atoms with van der Waals surface area (Å²) in [5, 5.41) is 2.92. The predicted octanol–water partition coefficient (Wildman–Crippen LogP) is 4.64. The third-order valence-electron chi connectivity index (χ3n) is 5.20. The van der Waals surface area contributed by atoms with Crippen LogP contribution in [0.2, 0.25) is 5.02 Å². The monoisotopic (exact) mass is 470 g/mol. The molecule has 1 saturated carbocycles. The highest BCUT2D eigenvalue weighted by Crippen LogP contribution is 2.36. The van der Waals surface area contributed by atoms with Crippen molar-refractivity contribution in [3.05, 3.63) is 88.9 Å². The van der Waals surface area contributed by atoms with Gasteiger partial charge in [0.05, 0.1) is 24.4 Å². The van der Waals surface area contributed by atoms with Gasteiger partial charge >= 0.3 is 0 Å². The molecule has 1 fully saturated rings. The van der Waals surface area contributed by atoms with Gasteiger partial charge in [-0.3, -0.25) is 9.10 Å². The maximum Gasteiger partial charge on any atom is 0.266 e. The Balaban J connectivity index is 1.80. The molecule has 0 spiro atoms. The van der Waals surface area contributed by atoms with E-state index in [1.165, 1.54) is 29.6 Å². The lowest BCUT2D eigenvalue weighted by Crippen LogP contribution is -2.32. The first-order valence-electron chi connectivity index (χ1n) is 10.2. The van der Waals surface area contributed by atoms with Crippen LogP contribution < -0.4 is 14.4 Å². The molecule has 0 unspecified atom stereocenters. The van der Waals surface area contributed by atoms with Crippen molar-refractivity contribution in [2.75, 3.05) is 11.4 Å². The molecule has 0 bridgehead atoms. The minimum absolute atomic E-state index is 0.0425. The van der Waals surface area contributed by atoms with Crippen LogP contribution in [0.4, 0.5) is 5.69 Å². The molecule has 6 nitrogen and oxygen atoms in total. The molecule has 1 amide bonds. The molecule has 0 atom stereocenters. The number of halogens is 1. The van der Waals surface area contributed by atoms with Crippen molar-refractivity contribution >= 4 is 33.2 Å². The molecule has 3 aromatic carbocycles. The quantitative estimate of drug-likeness (QED) is 0.520. The fourth-order valence-electron chi connectivity index (χ4n) is 3.34. The lowest BCUT2D eigenvalue weighted by molar-refractivity contribution is 0.0951. The van der Waals surface area contributed by atoms with E-state index in [-0.39, 0.29) is 34.0 Å². The van der Waals surface area contributed by atoms with E-state index in [2.05, 4.69) is 5.32 Å². The van der Waals surface area contributed by atoms with Crippen LogP contribution in [0.15, 0.2) is 77.7 Å². The highest BCUT2D eigenvalue weighted by Gasteiger charge is 2.31. The first-order valence-corrected chi connectivity index (χ1v) is 12.0. The second-order valence-corrected chi connectivity index (χ2v) is 9.80. The minimum Gasteiger partial charge on any atom is -0.495 e. The highest BCUT2D eigenvalue weighted by molar-refractivity contribution is 7.93. The second kappa shape index (κ2) is 9.22. The summed E-state index contributed by atoms with van der Waals surface area (Å²) in [6.07, 6.45) is 1.87. The number of para-hydroxylation sites is 2. The van der Waals surface area contributed by atoms with Gasteiger partial charge in [0.15, 0.2) is 0 Å².